The second-order valence-corrected chi connectivity index (χ2v) is 3.82. The van der Waals surface area contributed by atoms with Crippen LogP contribution in [0.1, 0.15) is 11.3 Å². The molecule has 3 nitrogen and oxygen atoms in total. The van der Waals surface area contributed by atoms with Crippen molar-refractivity contribution in [2.75, 3.05) is 11.9 Å². The van der Waals surface area contributed by atoms with Gasteiger partial charge in [0.05, 0.1) is 18.7 Å². The van der Waals surface area contributed by atoms with Gasteiger partial charge in [0.15, 0.2) is 0 Å². The van der Waals surface area contributed by atoms with Gasteiger partial charge in [-0.1, -0.05) is 6.07 Å². The van der Waals surface area contributed by atoms with Crippen molar-refractivity contribution in [1.82, 2.24) is 4.98 Å². The second-order valence-electron chi connectivity index (χ2n) is 3.56. The van der Waals surface area contributed by atoms with E-state index in [2.05, 4.69) is 4.98 Å². The van der Waals surface area contributed by atoms with E-state index in [0.717, 1.165) is 17.1 Å². The lowest BCUT2D eigenvalue weighted by atomic mass is 10.2. The summed E-state index contributed by atoms with van der Waals surface area (Å²) in [6.07, 6.45) is 3.44. The zero-order valence-corrected chi connectivity index (χ0v) is 9.81. The molecule has 0 atom stereocenters. The molecule has 2 rings (SSSR count). The van der Waals surface area contributed by atoms with E-state index in [0.29, 0.717) is 12.4 Å². The number of furan rings is 1. The molecular weight excluding hydrogens is 224 g/mol. The topological polar surface area (TPSA) is 29.3 Å². The van der Waals surface area contributed by atoms with Gasteiger partial charge in [0, 0.05) is 18.8 Å². The van der Waals surface area contributed by atoms with E-state index < -0.39 is 0 Å². The molecule has 0 amide bonds. The van der Waals surface area contributed by atoms with Crippen LogP contribution in [0.4, 0.5) is 5.82 Å². The fourth-order valence-corrected chi connectivity index (χ4v) is 1.80. The molecule has 16 heavy (non-hydrogen) atoms. The fraction of sp³-hybridized carbons (Fsp3) is 0.250. The minimum Gasteiger partial charge on any atom is -0.467 e. The van der Waals surface area contributed by atoms with Crippen LogP contribution in [0.5, 0.6) is 0 Å². The number of anilines is 1. The zero-order valence-electron chi connectivity index (χ0n) is 9.06. The summed E-state index contributed by atoms with van der Waals surface area (Å²) in [5.41, 5.74) is 1.03. The molecule has 84 valence electrons. The first-order chi connectivity index (χ1) is 7.81. The number of hydrogen-bond acceptors (Lipinski definition) is 3. The van der Waals surface area contributed by atoms with E-state index in [4.69, 9.17) is 16.0 Å². The molecule has 0 radical (unpaired) electrons. The van der Waals surface area contributed by atoms with Gasteiger partial charge in [0.25, 0.3) is 0 Å². The zero-order chi connectivity index (χ0) is 11.4. The van der Waals surface area contributed by atoms with Crippen molar-refractivity contribution in [2.45, 2.75) is 12.4 Å². The molecule has 0 spiro atoms. The molecule has 0 unspecified atom stereocenters. The molecular formula is C12H13ClN2O. The van der Waals surface area contributed by atoms with Gasteiger partial charge in [-0.3, -0.25) is 0 Å². The minimum absolute atomic E-state index is 0.464. The van der Waals surface area contributed by atoms with Crippen molar-refractivity contribution < 1.29 is 4.42 Å². The van der Waals surface area contributed by atoms with Crippen molar-refractivity contribution in [3.8, 4) is 0 Å². The van der Waals surface area contributed by atoms with E-state index in [1.165, 1.54) is 0 Å². The van der Waals surface area contributed by atoms with Crippen molar-refractivity contribution in [2.24, 2.45) is 0 Å². The van der Waals surface area contributed by atoms with Gasteiger partial charge in [-0.15, -0.1) is 11.6 Å². The molecule has 0 aromatic carbocycles. The van der Waals surface area contributed by atoms with Crippen LogP contribution in [-0.2, 0) is 12.4 Å². The summed E-state index contributed by atoms with van der Waals surface area (Å²) in [6.45, 7) is 0.688. The van der Waals surface area contributed by atoms with Crippen molar-refractivity contribution >= 4 is 17.4 Å². The quantitative estimate of drug-likeness (QED) is 0.765. The summed E-state index contributed by atoms with van der Waals surface area (Å²) in [4.78, 5) is 6.35. The van der Waals surface area contributed by atoms with Crippen LogP contribution in [0, 0.1) is 0 Å². The van der Waals surface area contributed by atoms with Crippen molar-refractivity contribution in [3.05, 3.63) is 48.0 Å². The van der Waals surface area contributed by atoms with Crippen LogP contribution in [0.2, 0.25) is 0 Å². The Morgan fingerprint density at radius 2 is 2.25 bits per heavy atom. The molecule has 2 heterocycles. The predicted molar refractivity (Wildman–Crippen MR) is 64.6 cm³/mol. The first-order valence-corrected chi connectivity index (χ1v) is 5.58. The first kappa shape index (κ1) is 11.0. The van der Waals surface area contributed by atoms with Gasteiger partial charge in [0.1, 0.15) is 11.6 Å². The van der Waals surface area contributed by atoms with Crippen molar-refractivity contribution in [1.29, 1.82) is 0 Å². The molecule has 4 heteroatoms. The third-order valence-corrected chi connectivity index (χ3v) is 2.63. The van der Waals surface area contributed by atoms with Crippen LogP contribution in [0.3, 0.4) is 0 Å². The SMILES string of the molecule is CN(Cc1ccco1)c1ncccc1CCl. The lowest BCUT2D eigenvalue weighted by molar-refractivity contribution is 0.507. The molecule has 2 aromatic heterocycles. The smallest absolute Gasteiger partial charge is 0.133 e. The second kappa shape index (κ2) is 5.03. The molecule has 0 N–H and O–H groups in total. The maximum absolute atomic E-state index is 5.87. The van der Waals surface area contributed by atoms with Crippen LogP contribution >= 0.6 is 11.6 Å². The van der Waals surface area contributed by atoms with E-state index in [-0.39, 0.29) is 0 Å². The van der Waals surface area contributed by atoms with E-state index in [1.54, 1.807) is 12.5 Å². The summed E-state index contributed by atoms with van der Waals surface area (Å²) >= 11 is 5.87. The van der Waals surface area contributed by atoms with Crippen LogP contribution < -0.4 is 4.90 Å². The third-order valence-electron chi connectivity index (χ3n) is 2.35. The molecule has 0 aliphatic heterocycles. The van der Waals surface area contributed by atoms with E-state index in [9.17, 15) is 0 Å². The Morgan fingerprint density at radius 3 is 2.94 bits per heavy atom. The fourth-order valence-electron chi connectivity index (χ4n) is 1.59. The minimum atomic E-state index is 0.464. The lowest BCUT2D eigenvalue weighted by Gasteiger charge is -2.19. The standard InChI is InChI=1S/C12H13ClN2O/c1-15(9-11-5-3-7-16-11)12-10(8-13)4-2-6-14-12/h2-7H,8-9H2,1H3. The Hall–Kier alpha value is -1.48. The number of rotatable bonds is 4. The summed E-state index contributed by atoms with van der Waals surface area (Å²) in [7, 11) is 1.97. The van der Waals surface area contributed by atoms with Gasteiger partial charge < -0.3 is 9.32 Å². The monoisotopic (exact) mass is 236 g/mol. The highest BCUT2D eigenvalue weighted by Gasteiger charge is 2.09. The summed E-state index contributed by atoms with van der Waals surface area (Å²) in [6, 6.07) is 7.69. The number of halogens is 1. The van der Waals surface area contributed by atoms with E-state index in [1.807, 2.05) is 36.2 Å². The number of pyridine rings is 1. The molecule has 0 fully saturated rings. The highest BCUT2D eigenvalue weighted by atomic mass is 35.5. The van der Waals surface area contributed by atoms with Gasteiger partial charge >= 0.3 is 0 Å². The molecule has 2 aromatic rings. The highest BCUT2D eigenvalue weighted by molar-refractivity contribution is 6.17. The number of aromatic nitrogens is 1. The summed E-state index contributed by atoms with van der Waals surface area (Å²) in [5.74, 6) is 2.27. The normalized spacial score (nSPS) is 10.4. The number of alkyl halides is 1. The maximum atomic E-state index is 5.87. The first-order valence-electron chi connectivity index (χ1n) is 5.04. The highest BCUT2D eigenvalue weighted by Crippen LogP contribution is 2.19. The predicted octanol–water partition coefficient (Wildman–Crippen LogP) is 3.05. The Kier molecular flexibility index (Phi) is 3.47. The van der Waals surface area contributed by atoms with Gasteiger partial charge in [-0.25, -0.2) is 4.98 Å². The average molecular weight is 237 g/mol. The summed E-state index contributed by atoms with van der Waals surface area (Å²) < 4.78 is 5.30. The lowest BCUT2D eigenvalue weighted by Crippen LogP contribution is -2.18. The van der Waals surface area contributed by atoms with Gasteiger partial charge in [0.2, 0.25) is 0 Å². The van der Waals surface area contributed by atoms with Crippen molar-refractivity contribution in [3.63, 3.8) is 0 Å². The Labute approximate surface area is 99.7 Å². The third kappa shape index (κ3) is 2.36. The van der Waals surface area contributed by atoms with Gasteiger partial charge in [-0.2, -0.15) is 0 Å². The molecule has 0 aliphatic carbocycles. The Balaban J connectivity index is 2.17. The molecule has 0 saturated carbocycles. The average Bonchev–Trinajstić information content (AvgIpc) is 2.81. The van der Waals surface area contributed by atoms with Crippen LogP contribution in [-0.4, -0.2) is 12.0 Å². The Bertz CT molecular complexity index is 442. The molecule has 0 bridgehead atoms. The molecule has 0 saturated heterocycles. The van der Waals surface area contributed by atoms with Gasteiger partial charge in [-0.05, 0) is 18.2 Å². The number of hydrogen-bond donors (Lipinski definition) is 0. The number of nitrogens with zero attached hydrogens (tertiary/aromatic N) is 2. The van der Waals surface area contributed by atoms with Crippen LogP contribution in [0.15, 0.2) is 41.1 Å². The summed E-state index contributed by atoms with van der Waals surface area (Å²) in [5, 5.41) is 0. The van der Waals surface area contributed by atoms with Crippen LogP contribution in [0.25, 0.3) is 0 Å². The Morgan fingerprint density at radius 1 is 1.38 bits per heavy atom. The largest absolute Gasteiger partial charge is 0.467 e. The molecule has 0 aliphatic rings. The van der Waals surface area contributed by atoms with E-state index >= 15 is 0 Å². The maximum Gasteiger partial charge on any atom is 0.133 e.